The first kappa shape index (κ1) is 40.4. The van der Waals surface area contributed by atoms with Crippen molar-refractivity contribution in [2.45, 2.75) is 110 Å². The fraction of sp³-hybridized carbons (Fsp3) is 0.605. The first-order valence-electron chi connectivity index (χ1n) is 18.2. The lowest BCUT2D eigenvalue weighted by Gasteiger charge is -2.41. The van der Waals surface area contributed by atoms with Gasteiger partial charge in [0.25, 0.3) is 0 Å². The van der Waals surface area contributed by atoms with Crippen molar-refractivity contribution in [3.8, 4) is 0 Å². The van der Waals surface area contributed by atoms with E-state index in [4.69, 9.17) is 5.73 Å². The van der Waals surface area contributed by atoms with Crippen LogP contribution in [0.15, 0.2) is 41.2 Å². The molecule has 0 aliphatic heterocycles. The number of hydrogen-bond donors (Lipinski definition) is 4. The van der Waals surface area contributed by atoms with E-state index >= 15 is 0 Å². The average molecular weight is 741 g/mol. The summed E-state index contributed by atoms with van der Waals surface area (Å²) in [4.78, 5) is 55.3. The highest BCUT2D eigenvalue weighted by Crippen LogP contribution is 2.32. The van der Waals surface area contributed by atoms with Gasteiger partial charge in [-0.3, -0.25) is 19.4 Å². The largest absolute Gasteiger partial charge is 0.390 e. The summed E-state index contributed by atoms with van der Waals surface area (Å²) < 4.78 is 0. The molecule has 11 nitrogen and oxygen atoms in total. The van der Waals surface area contributed by atoms with Crippen molar-refractivity contribution in [3.05, 3.63) is 63.1 Å². The summed E-state index contributed by atoms with van der Waals surface area (Å²) >= 11 is 2.82. The summed E-state index contributed by atoms with van der Waals surface area (Å²) in [5.74, 6) is -1.57. The van der Waals surface area contributed by atoms with Gasteiger partial charge in [0.2, 0.25) is 17.7 Å². The molecule has 51 heavy (non-hydrogen) atoms. The predicted octanol–water partition coefficient (Wildman–Crippen LogP) is 4.99. The molecule has 0 unspecified atom stereocenters. The van der Waals surface area contributed by atoms with Crippen molar-refractivity contribution < 1.29 is 24.6 Å². The zero-order valence-electron chi connectivity index (χ0n) is 30.5. The van der Waals surface area contributed by atoms with Crippen molar-refractivity contribution in [2.75, 3.05) is 25.9 Å². The van der Waals surface area contributed by atoms with E-state index in [1.54, 1.807) is 34.9 Å². The number of nitrogens with one attached hydrogen (secondary N) is 1. The van der Waals surface area contributed by atoms with E-state index < -0.39 is 30.1 Å². The third kappa shape index (κ3) is 12.7. The number of aliphatic hydroxyl groups excluding tert-OH is 2. The van der Waals surface area contributed by atoms with E-state index in [1.165, 1.54) is 16.2 Å². The average Bonchev–Trinajstić information content (AvgIpc) is 3.73. The van der Waals surface area contributed by atoms with Crippen LogP contribution in [0.2, 0.25) is 0 Å². The lowest BCUT2D eigenvalue weighted by atomic mass is 9.81. The van der Waals surface area contributed by atoms with E-state index in [1.807, 2.05) is 50.4 Å². The Morgan fingerprint density at radius 1 is 1.08 bits per heavy atom. The quantitative estimate of drug-likeness (QED) is 0.134. The minimum atomic E-state index is -1.28. The van der Waals surface area contributed by atoms with Crippen LogP contribution in [0, 0.1) is 24.7 Å². The molecule has 1 aliphatic carbocycles. The smallest absolute Gasteiger partial charge is 0.241 e. The lowest BCUT2D eigenvalue weighted by Crippen LogP contribution is -2.56. The number of nitrogen functional groups attached to an aromatic ring is 1. The van der Waals surface area contributed by atoms with Crippen molar-refractivity contribution in [1.29, 1.82) is 0 Å². The molecule has 1 fully saturated rings. The van der Waals surface area contributed by atoms with Gasteiger partial charge in [-0.2, -0.15) is 0 Å². The molecule has 13 heteroatoms. The Morgan fingerprint density at radius 3 is 2.47 bits per heavy atom. The number of aliphatic hydroxyl groups is 2. The van der Waals surface area contributed by atoms with Gasteiger partial charge in [-0.15, -0.1) is 22.7 Å². The summed E-state index contributed by atoms with van der Waals surface area (Å²) in [7, 11) is 1.70. The SMILES string of the molecule is Cc1ccsc1CNC(=O)C[C@@H](Cc1csc(N)n1)C(=O)N(CC(=O)N(C)CCc1ccccn1)[C@@H](CC1CCCCC1)[C@@H](O)[C@@H](O)CC(C)C. The van der Waals surface area contributed by atoms with Crippen molar-refractivity contribution in [1.82, 2.24) is 25.1 Å². The Bertz CT molecular complexity index is 1530. The van der Waals surface area contributed by atoms with E-state index in [-0.39, 0.29) is 43.0 Å². The number of carbonyl (C=O) groups excluding carboxylic acids is 3. The molecule has 0 radical (unpaired) electrons. The van der Waals surface area contributed by atoms with Crippen LogP contribution in [0.5, 0.6) is 0 Å². The molecule has 3 aromatic heterocycles. The molecule has 0 saturated heterocycles. The second-order valence-electron chi connectivity index (χ2n) is 14.4. The number of nitrogens with two attached hydrogens (primary N) is 1. The molecule has 3 aromatic rings. The van der Waals surface area contributed by atoms with Gasteiger partial charge in [-0.1, -0.05) is 52.0 Å². The fourth-order valence-corrected chi connectivity index (χ4v) is 8.30. The van der Waals surface area contributed by atoms with Crippen LogP contribution < -0.4 is 11.1 Å². The Kier molecular flexibility index (Phi) is 15.8. The van der Waals surface area contributed by atoms with Gasteiger partial charge in [0.1, 0.15) is 12.6 Å². The highest BCUT2D eigenvalue weighted by molar-refractivity contribution is 7.13. The highest BCUT2D eigenvalue weighted by Gasteiger charge is 2.40. The number of aryl methyl sites for hydroxylation is 1. The van der Waals surface area contributed by atoms with E-state index in [0.717, 1.165) is 48.2 Å². The normalized spacial score (nSPS) is 16.0. The molecule has 0 bridgehead atoms. The van der Waals surface area contributed by atoms with Crippen LogP contribution in [0.3, 0.4) is 0 Å². The Balaban J connectivity index is 1.66. The first-order chi connectivity index (χ1) is 24.4. The predicted molar refractivity (Wildman–Crippen MR) is 203 cm³/mol. The fourth-order valence-electron chi connectivity index (χ4n) is 6.88. The van der Waals surface area contributed by atoms with Crippen LogP contribution in [0.25, 0.3) is 0 Å². The Labute approximate surface area is 310 Å². The van der Waals surface area contributed by atoms with Crippen LogP contribution in [0.1, 0.15) is 87.0 Å². The number of nitrogens with zero attached hydrogens (tertiary/aromatic N) is 4. The van der Waals surface area contributed by atoms with Gasteiger partial charge in [0, 0.05) is 55.0 Å². The molecule has 4 rings (SSSR count). The van der Waals surface area contributed by atoms with E-state index in [0.29, 0.717) is 43.2 Å². The second kappa shape index (κ2) is 20.0. The minimum absolute atomic E-state index is 0.104. The third-order valence-electron chi connectivity index (χ3n) is 9.87. The number of pyridine rings is 1. The third-order valence-corrected chi connectivity index (χ3v) is 11.6. The highest BCUT2D eigenvalue weighted by atomic mass is 32.1. The van der Waals surface area contributed by atoms with Crippen molar-refractivity contribution in [2.24, 2.45) is 17.8 Å². The maximum atomic E-state index is 15.0. The molecule has 0 aromatic carbocycles. The Morgan fingerprint density at radius 2 is 1.84 bits per heavy atom. The first-order valence-corrected chi connectivity index (χ1v) is 20.0. The lowest BCUT2D eigenvalue weighted by molar-refractivity contribution is -0.151. The minimum Gasteiger partial charge on any atom is -0.390 e. The van der Waals surface area contributed by atoms with Gasteiger partial charge in [-0.25, -0.2) is 4.98 Å². The standard InChI is InChI=1S/C38H56N6O5S2/c1-25(2)18-32(45)36(48)31(19-27-10-6-5-7-11-27)44(23-35(47)43(4)16-13-29-12-8-9-15-40-29)37(49)28(20-30-24-51-38(39)42-30)21-34(46)41-22-33-26(3)14-17-50-33/h8-9,12,14-15,17,24-25,27-28,31-32,36,45,48H,5-7,10-11,13,16,18-23H2,1-4H3,(H2,39,42)(H,41,46)/t28-,31+,32+,36-/m1/s1. The molecule has 1 aliphatic rings. The summed E-state index contributed by atoms with van der Waals surface area (Å²) in [6.45, 7) is 6.37. The van der Waals surface area contributed by atoms with Gasteiger partial charge >= 0.3 is 0 Å². The zero-order valence-corrected chi connectivity index (χ0v) is 32.1. The number of thiophene rings is 1. The van der Waals surface area contributed by atoms with Crippen LogP contribution in [-0.2, 0) is 33.8 Å². The van der Waals surface area contributed by atoms with Gasteiger partial charge < -0.3 is 31.1 Å². The topological polar surface area (TPSA) is 162 Å². The van der Waals surface area contributed by atoms with E-state index in [9.17, 15) is 24.6 Å². The monoisotopic (exact) mass is 740 g/mol. The number of anilines is 1. The molecule has 3 amide bonds. The number of thiazole rings is 1. The summed E-state index contributed by atoms with van der Waals surface area (Å²) in [5, 5.41) is 30.3. The summed E-state index contributed by atoms with van der Waals surface area (Å²) in [6, 6.07) is 6.81. The number of aromatic nitrogens is 2. The van der Waals surface area contributed by atoms with Gasteiger partial charge in [0.05, 0.1) is 30.3 Å². The number of rotatable bonds is 19. The van der Waals surface area contributed by atoms with Crippen molar-refractivity contribution in [3.63, 3.8) is 0 Å². The van der Waals surface area contributed by atoms with Gasteiger partial charge in [-0.05, 0) is 60.7 Å². The summed E-state index contributed by atoms with van der Waals surface area (Å²) in [6.07, 6.45) is 5.83. The van der Waals surface area contributed by atoms with Crippen molar-refractivity contribution >= 4 is 45.5 Å². The maximum Gasteiger partial charge on any atom is 0.241 e. The molecule has 3 heterocycles. The molecule has 280 valence electrons. The molecule has 0 spiro atoms. The molecule has 5 N–H and O–H groups in total. The number of likely N-dealkylation sites (N-methyl/N-ethyl adjacent to an activating group) is 1. The van der Waals surface area contributed by atoms with Crippen LogP contribution in [0.4, 0.5) is 5.13 Å². The van der Waals surface area contributed by atoms with Crippen LogP contribution in [-0.4, -0.2) is 86.1 Å². The summed E-state index contributed by atoms with van der Waals surface area (Å²) in [5.41, 5.74) is 8.48. The molecular formula is C38H56N6O5S2. The second-order valence-corrected chi connectivity index (χ2v) is 16.3. The van der Waals surface area contributed by atoms with Crippen LogP contribution >= 0.6 is 22.7 Å². The maximum absolute atomic E-state index is 15.0. The number of carbonyl (C=O) groups is 3. The number of hydrogen-bond acceptors (Lipinski definition) is 10. The molecular weight excluding hydrogens is 685 g/mol. The Hall–Kier alpha value is -3.39. The van der Waals surface area contributed by atoms with E-state index in [2.05, 4.69) is 15.3 Å². The number of amides is 3. The molecule has 4 atom stereocenters. The zero-order chi connectivity index (χ0) is 36.9. The molecule has 1 saturated carbocycles. The van der Waals surface area contributed by atoms with Gasteiger partial charge in [0.15, 0.2) is 5.13 Å².